The van der Waals surface area contributed by atoms with Gasteiger partial charge in [0.2, 0.25) is 0 Å². The average Bonchev–Trinajstić information content (AvgIpc) is 3.11. The van der Waals surface area contributed by atoms with Crippen LogP contribution in [-0.4, -0.2) is 35.0 Å². The standard InChI is InChI=1S/C15H26N4/c1-2-8-16-14(6-1)13-5-3-7-15(13)17-10-12-19-11-4-9-18-19/h4,9,11,13-17H,1-3,5-8,10,12H2. The number of hydrogen-bond acceptors (Lipinski definition) is 3. The molecule has 0 spiro atoms. The Hall–Kier alpha value is -0.870. The van der Waals surface area contributed by atoms with E-state index in [0.29, 0.717) is 6.04 Å². The van der Waals surface area contributed by atoms with Gasteiger partial charge >= 0.3 is 0 Å². The highest BCUT2D eigenvalue weighted by Gasteiger charge is 2.33. The fourth-order valence-corrected chi connectivity index (χ4v) is 3.77. The van der Waals surface area contributed by atoms with Crippen LogP contribution in [0.3, 0.4) is 0 Å². The maximum Gasteiger partial charge on any atom is 0.0534 e. The van der Waals surface area contributed by atoms with Crippen LogP contribution in [0.25, 0.3) is 0 Å². The Balaban J connectivity index is 1.46. The Morgan fingerprint density at radius 3 is 3.00 bits per heavy atom. The van der Waals surface area contributed by atoms with Crippen molar-refractivity contribution in [3.05, 3.63) is 18.5 Å². The topological polar surface area (TPSA) is 41.9 Å². The molecule has 1 saturated carbocycles. The molecule has 2 fully saturated rings. The van der Waals surface area contributed by atoms with E-state index in [1.165, 1.54) is 45.1 Å². The molecule has 1 aliphatic heterocycles. The van der Waals surface area contributed by atoms with Crippen molar-refractivity contribution >= 4 is 0 Å². The lowest BCUT2D eigenvalue weighted by molar-refractivity contribution is 0.256. The highest BCUT2D eigenvalue weighted by atomic mass is 15.3. The number of aromatic nitrogens is 2. The predicted molar refractivity (Wildman–Crippen MR) is 77.0 cm³/mol. The molecule has 0 aromatic carbocycles. The summed E-state index contributed by atoms with van der Waals surface area (Å²) in [6.45, 7) is 3.24. The largest absolute Gasteiger partial charge is 0.314 e. The molecule has 1 aliphatic carbocycles. The number of rotatable bonds is 5. The quantitative estimate of drug-likeness (QED) is 0.850. The zero-order valence-corrected chi connectivity index (χ0v) is 11.7. The van der Waals surface area contributed by atoms with Gasteiger partial charge in [0.05, 0.1) is 6.54 Å². The third-order valence-corrected chi connectivity index (χ3v) is 4.74. The highest BCUT2D eigenvalue weighted by Crippen LogP contribution is 2.31. The van der Waals surface area contributed by atoms with Crippen molar-refractivity contribution in [1.82, 2.24) is 20.4 Å². The van der Waals surface area contributed by atoms with E-state index < -0.39 is 0 Å². The summed E-state index contributed by atoms with van der Waals surface area (Å²) in [6.07, 6.45) is 12.2. The molecule has 4 nitrogen and oxygen atoms in total. The van der Waals surface area contributed by atoms with E-state index in [0.717, 1.165) is 25.0 Å². The van der Waals surface area contributed by atoms with Gasteiger partial charge in [0.25, 0.3) is 0 Å². The Kier molecular flexibility index (Phi) is 4.51. The van der Waals surface area contributed by atoms with Crippen molar-refractivity contribution in [3.8, 4) is 0 Å². The number of nitrogens with one attached hydrogen (secondary N) is 2. The molecule has 1 saturated heterocycles. The van der Waals surface area contributed by atoms with Gasteiger partial charge in [-0.05, 0) is 44.2 Å². The summed E-state index contributed by atoms with van der Waals surface area (Å²) < 4.78 is 2.01. The van der Waals surface area contributed by atoms with Gasteiger partial charge in [-0.15, -0.1) is 0 Å². The molecule has 19 heavy (non-hydrogen) atoms. The van der Waals surface area contributed by atoms with Gasteiger partial charge < -0.3 is 10.6 Å². The van der Waals surface area contributed by atoms with Gasteiger partial charge in [0.1, 0.15) is 0 Å². The number of nitrogens with zero attached hydrogens (tertiary/aromatic N) is 2. The molecule has 2 aliphatic rings. The molecule has 3 unspecified atom stereocenters. The molecular weight excluding hydrogens is 236 g/mol. The monoisotopic (exact) mass is 262 g/mol. The van der Waals surface area contributed by atoms with Crippen LogP contribution in [0.4, 0.5) is 0 Å². The third kappa shape index (κ3) is 3.37. The normalized spacial score (nSPS) is 31.7. The molecule has 0 radical (unpaired) electrons. The van der Waals surface area contributed by atoms with E-state index in [-0.39, 0.29) is 0 Å². The minimum absolute atomic E-state index is 0.714. The predicted octanol–water partition coefficient (Wildman–Crippen LogP) is 1.78. The summed E-state index contributed by atoms with van der Waals surface area (Å²) in [5.74, 6) is 0.845. The molecule has 2 heterocycles. The van der Waals surface area contributed by atoms with Crippen molar-refractivity contribution < 1.29 is 0 Å². The maximum atomic E-state index is 4.25. The molecule has 3 rings (SSSR count). The van der Waals surface area contributed by atoms with Gasteiger partial charge in [-0.1, -0.05) is 12.8 Å². The SMILES string of the molecule is c1cnn(CCNC2CCCC2C2CCCCN2)c1. The first-order chi connectivity index (χ1) is 9.43. The van der Waals surface area contributed by atoms with Crippen LogP contribution in [0.15, 0.2) is 18.5 Å². The summed E-state index contributed by atoms with van der Waals surface area (Å²) in [4.78, 5) is 0. The second-order valence-electron chi connectivity index (χ2n) is 5.98. The number of hydrogen-bond donors (Lipinski definition) is 2. The Labute approximate surface area is 116 Å². The molecule has 0 amide bonds. The van der Waals surface area contributed by atoms with Crippen LogP contribution in [0.5, 0.6) is 0 Å². The first-order valence-corrected chi connectivity index (χ1v) is 7.88. The van der Waals surface area contributed by atoms with Gasteiger partial charge in [0.15, 0.2) is 0 Å². The molecular formula is C15H26N4. The van der Waals surface area contributed by atoms with Gasteiger partial charge in [-0.3, -0.25) is 4.68 Å². The lowest BCUT2D eigenvalue weighted by atomic mass is 9.88. The van der Waals surface area contributed by atoms with E-state index in [9.17, 15) is 0 Å². The van der Waals surface area contributed by atoms with Gasteiger partial charge in [0, 0.05) is 31.0 Å². The molecule has 3 atom stereocenters. The second-order valence-corrected chi connectivity index (χ2v) is 5.98. The van der Waals surface area contributed by atoms with E-state index in [1.54, 1.807) is 0 Å². The summed E-state index contributed by atoms with van der Waals surface area (Å²) in [6, 6.07) is 3.47. The summed E-state index contributed by atoms with van der Waals surface area (Å²) >= 11 is 0. The molecule has 4 heteroatoms. The second kappa shape index (κ2) is 6.53. The smallest absolute Gasteiger partial charge is 0.0534 e. The summed E-state index contributed by atoms with van der Waals surface area (Å²) in [5, 5.41) is 11.8. The highest BCUT2D eigenvalue weighted by molar-refractivity contribution is 4.92. The van der Waals surface area contributed by atoms with E-state index in [4.69, 9.17) is 0 Å². The van der Waals surface area contributed by atoms with E-state index in [1.807, 2.05) is 23.1 Å². The molecule has 2 N–H and O–H groups in total. The zero-order chi connectivity index (χ0) is 12.9. The fraction of sp³-hybridized carbons (Fsp3) is 0.800. The van der Waals surface area contributed by atoms with Gasteiger partial charge in [-0.2, -0.15) is 5.10 Å². The molecule has 1 aromatic heterocycles. The summed E-state index contributed by atoms with van der Waals surface area (Å²) in [7, 11) is 0. The maximum absolute atomic E-state index is 4.25. The zero-order valence-electron chi connectivity index (χ0n) is 11.7. The molecule has 106 valence electrons. The van der Waals surface area contributed by atoms with Crippen molar-refractivity contribution in [2.75, 3.05) is 13.1 Å². The minimum Gasteiger partial charge on any atom is -0.314 e. The van der Waals surface area contributed by atoms with Crippen LogP contribution in [-0.2, 0) is 6.54 Å². The third-order valence-electron chi connectivity index (χ3n) is 4.74. The van der Waals surface area contributed by atoms with Crippen LogP contribution in [0, 0.1) is 5.92 Å². The molecule has 0 bridgehead atoms. The van der Waals surface area contributed by atoms with E-state index >= 15 is 0 Å². The Bertz CT molecular complexity index is 356. The fourth-order valence-electron chi connectivity index (χ4n) is 3.77. The number of piperidine rings is 1. The van der Waals surface area contributed by atoms with Crippen molar-refractivity contribution in [3.63, 3.8) is 0 Å². The first kappa shape index (κ1) is 13.1. The first-order valence-electron chi connectivity index (χ1n) is 7.88. The Morgan fingerprint density at radius 1 is 1.21 bits per heavy atom. The molecule has 1 aromatic rings. The van der Waals surface area contributed by atoms with E-state index in [2.05, 4.69) is 15.7 Å². The van der Waals surface area contributed by atoms with Crippen LogP contribution in [0.2, 0.25) is 0 Å². The lowest BCUT2D eigenvalue weighted by Crippen LogP contribution is -2.47. The lowest BCUT2D eigenvalue weighted by Gasteiger charge is -2.33. The van der Waals surface area contributed by atoms with Crippen molar-refractivity contribution in [2.45, 2.75) is 57.2 Å². The van der Waals surface area contributed by atoms with Crippen molar-refractivity contribution in [1.29, 1.82) is 0 Å². The Morgan fingerprint density at radius 2 is 2.21 bits per heavy atom. The van der Waals surface area contributed by atoms with Gasteiger partial charge in [-0.25, -0.2) is 0 Å². The van der Waals surface area contributed by atoms with Crippen LogP contribution >= 0.6 is 0 Å². The average molecular weight is 262 g/mol. The van der Waals surface area contributed by atoms with Crippen LogP contribution < -0.4 is 10.6 Å². The summed E-state index contributed by atoms with van der Waals surface area (Å²) in [5.41, 5.74) is 0. The van der Waals surface area contributed by atoms with Crippen LogP contribution in [0.1, 0.15) is 38.5 Å². The minimum atomic E-state index is 0.714. The van der Waals surface area contributed by atoms with Crippen molar-refractivity contribution in [2.24, 2.45) is 5.92 Å².